The van der Waals surface area contributed by atoms with Gasteiger partial charge in [-0.15, -0.1) is 11.8 Å². The predicted molar refractivity (Wildman–Crippen MR) is 118 cm³/mol. The molecule has 0 spiro atoms. The zero-order valence-corrected chi connectivity index (χ0v) is 16.7. The summed E-state index contributed by atoms with van der Waals surface area (Å²) in [6.45, 7) is 0. The van der Waals surface area contributed by atoms with Crippen molar-refractivity contribution in [3.63, 3.8) is 0 Å². The Bertz CT molecular complexity index is 930. The summed E-state index contributed by atoms with van der Waals surface area (Å²) in [5.41, 5.74) is 2.94. The number of hydrogen-bond acceptors (Lipinski definition) is 3. The van der Waals surface area contributed by atoms with E-state index in [0.29, 0.717) is 5.02 Å². The molecule has 0 radical (unpaired) electrons. The molecular weight excluding hydrogens is 396 g/mol. The van der Waals surface area contributed by atoms with Crippen LogP contribution >= 0.6 is 35.6 Å². The van der Waals surface area contributed by atoms with Gasteiger partial charge in [0.05, 0.1) is 5.75 Å². The number of para-hydroxylation sites is 1. The Morgan fingerprint density at radius 2 is 1.59 bits per heavy atom. The van der Waals surface area contributed by atoms with Crippen LogP contribution in [0, 0.1) is 0 Å². The lowest BCUT2D eigenvalue weighted by molar-refractivity contribution is -0.117. The van der Waals surface area contributed by atoms with Gasteiger partial charge in [-0.1, -0.05) is 60.1 Å². The zero-order valence-electron chi connectivity index (χ0n) is 14.3. The molecule has 0 aliphatic heterocycles. The second-order valence-electron chi connectivity index (χ2n) is 5.66. The third-order valence-corrected chi connectivity index (χ3v) is 5.16. The van der Waals surface area contributed by atoms with Gasteiger partial charge in [-0.3, -0.25) is 4.79 Å². The highest BCUT2D eigenvalue weighted by molar-refractivity contribution is 8.00. The lowest BCUT2D eigenvalue weighted by Gasteiger charge is -2.13. The number of amides is 1. The standard InChI is InChI=1S/C21H17ClN2OS2/c22-16-10-12-17(13-11-16)27-14-20(25)24-21(26)23-19-9-5-4-8-18(19)15-6-2-1-3-7-15/h1-13H,14H2,(H2,23,24,25,26). The quantitative estimate of drug-likeness (QED) is 0.422. The van der Waals surface area contributed by atoms with Crippen molar-refractivity contribution >= 4 is 52.3 Å². The van der Waals surface area contributed by atoms with E-state index < -0.39 is 0 Å². The van der Waals surface area contributed by atoms with Gasteiger partial charge in [0, 0.05) is 21.2 Å². The van der Waals surface area contributed by atoms with Crippen LogP contribution in [0.4, 0.5) is 5.69 Å². The molecule has 0 aliphatic carbocycles. The molecule has 0 atom stereocenters. The SMILES string of the molecule is O=C(CSc1ccc(Cl)cc1)NC(=S)Nc1ccccc1-c1ccccc1. The van der Waals surface area contributed by atoms with E-state index in [1.165, 1.54) is 11.8 Å². The lowest BCUT2D eigenvalue weighted by atomic mass is 10.0. The van der Waals surface area contributed by atoms with Crippen molar-refractivity contribution in [1.29, 1.82) is 0 Å². The number of benzene rings is 3. The van der Waals surface area contributed by atoms with E-state index in [0.717, 1.165) is 21.7 Å². The van der Waals surface area contributed by atoms with Gasteiger partial charge in [0.2, 0.25) is 5.91 Å². The van der Waals surface area contributed by atoms with Crippen LogP contribution in [0.2, 0.25) is 5.02 Å². The van der Waals surface area contributed by atoms with Crippen molar-refractivity contribution in [1.82, 2.24) is 5.32 Å². The van der Waals surface area contributed by atoms with Gasteiger partial charge < -0.3 is 10.6 Å². The first kappa shape index (κ1) is 19.4. The topological polar surface area (TPSA) is 41.1 Å². The summed E-state index contributed by atoms with van der Waals surface area (Å²) >= 11 is 12.6. The average molecular weight is 413 g/mol. The van der Waals surface area contributed by atoms with Gasteiger partial charge in [-0.2, -0.15) is 0 Å². The molecule has 3 rings (SSSR count). The minimum atomic E-state index is -0.162. The van der Waals surface area contributed by atoms with Crippen LogP contribution in [-0.4, -0.2) is 16.8 Å². The van der Waals surface area contributed by atoms with Crippen LogP contribution in [0.1, 0.15) is 0 Å². The minimum Gasteiger partial charge on any atom is -0.332 e. The first-order valence-electron chi connectivity index (χ1n) is 8.25. The summed E-state index contributed by atoms with van der Waals surface area (Å²) in [6, 6.07) is 25.2. The molecule has 0 saturated carbocycles. The second-order valence-corrected chi connectivity index (χ2v) is 7.55. The summed E-state index contributed by atoms with van der Waals surface area (Å²) in [5.74, 6) is 0.105. The number of halogens is 1. The second kappa shape index (κ2) is 9.55. The van der Waals surface area contributed by atoms with E-state index in [1.54, 1.807) is 12.1 Å². The van der Waals surface area contributed by atoms with Crippen molar-refractivity contribution in [2.24, 2.45) is 0 Å². The Morgan fingerprint density at radius 1 is 0.926 bits per heavy atom. The van der Waals surface area contributed by atoms with E-state index >= 15 is 0 Å². The third-order valence-electron chi connectivity index (χ3n) is 3.70. The molecule has 3 aromatic carbocycles. The molecule has 0 unspecified atom stereocenters. The van der Waals surface area contributed by atoms with Crippen LogP contribution in [0.15, 0.2) is 83.8 Å². The highest BCUT2D eigenvalue weighted by Gasteiger charge is 2.09. The smallest absolute Gasteiger partial charge is 0.236 e. The Kier molecular flexibility index (Phi) is 6.87. The monoisotopic (exact) mass is 412 g/mol. The number of carbonyl (C=O) groups excluding carboxylic acids is 1. The fourth-order valence-corrected chi connectivity index (χ4v) is 3.51. The summed E-state index contributed by atoms with van der Waals surface area (Å²) in [5, 5.41) is 6.79. The number of hydrogen-bond donors (Lipinski definition) is 2. The molecule has 0 heterocycles. The van der Waals surface area contributed by atoms with Gasteiger partial charge in [-0.05, 0) is 48.1 Å². The van der Waals surface area contributed by atoms with E-state index in [9.17, 15) is 4.79 Å². The predicted octanol–water partition coefficient (Wildman–Crippen LogP) is 5.61. The van der Waals surface area contributed by atoms with E-state index in [-0.39, 0.29) is 16.8 Å². The number of rotatable bonds is 5. The minimum absolute atomic E-state index is 0.162. The van der Waals surface area contributed by atoms with E-state index in [4.69, 9.17) is 23.8 Å². The summed E-state index contributed by atoms with van der Waals surface area (Å²) < 4.78 is 0. The first-order chi connectivity index (χ1) is 13.1. The number of carbonyl (C=O) groups is 1. The highest BCUT2D eigenvalue weighted by atomic mass is 35.5. The van der Waals surface area contributed by atoms with Gasteiger partial charge in [0.25, 0.3) is 0 Å². The van der Waals surface area contributed by atoms with Crippen LogP contribution in [0.25, 0.3) is 11.1 Å². The highest BCUT2D eigenvalue weighted by Crippen LogP contribution is 2.27. The van der Waals surface area contributed by atoms with Crippen molar-refractivity contribution in [3.8, 4) is 11.1 Å². The van der Waals surface area contributed by atoms with Gasteiger partial charge in [-0.25, -0.2) is 0 Å². The van der Waals surface area contributed by atoms with E-state index in [1.807, 2.05) is 66.7 Å². The fourth-order valence-electron chi connectivity index (χ4n) is 2.46. The molecule has 0 saturated heterocycles. The summed E-state index contributed by atoms with van der Waals surface area (Å²) in [4.78, 5) is 13.1. The Morgan fingerprint density at radius 3 is 2.33 bits per heavy atom. The maximum Gasteiger partial charge on any atom is 0.236 e. The molecule has 0 aromatic heterocycles. The van der Waals surface area contributed by atoms with Gasteiger partial charge in [0.15, 0.2) is 5.11 Å². The number of anilines is 1. The lowest BCUT2D eigenvalue weighted by Crippen LogP contribution is -2.35. The molecule has 3 nitrogen and oxygen atoms in total. The van der Waals surface area contributed by atoms with Crippen molar-refractivity contribution in [2.75, 3.05) is 11.1 Å². The third kappa shape index (κ3) is 5.82. The van der Waals surface area contributed by atoms with Crippen LogP contribution in [0.3, 0.4) is 0 Å². The molecule has 0 fully saturated rings. The zero-order chi connectivity index (χ0) is 19.1. The fraction of sp³-hybridized carbons (Fsp3) is 0.0476. The van der Waals surface area contributed by atoms with Crippen LogP contribution in [-0.2, 0) is 4.79 Å². The Labute approximate surface area is 173 Å². The largest absolute Gasteiger partial charge is 0.332 e. The van der Waals surface area contributed by atoms with Crippen molar-refractivity contribution in [2.45, 2.75) is 4.90 Å². The average Bonchev–Trinajstić information content (AvgIpc) is 2.68. The van der Waals surface area contributed by atoms with Gasteiger partial charge >= 0.3 is 0 Å². The first-order valence-corrected chi connectivity index (χ1v) is 10.0. The molecule has 3 aromatic rings. The molecule has 136 valence electrons. The van der Waals surface area contributed by atoms with Crippen molar-refractivity contribution < 1.29 is 4.79 Å². The molecular formula is C21H17ClN2OS2. The maximum absolute atomic E-state index is 12.2. The van der Waals surface area contributed by atoms with Crippen LogP contribution < -0.4 is 10.6 Å². The molecule has 2 N–H and O–H groups in total. The molecule has 6 heteroatoms. The maximum atomic E-state index is 12.2. The Balaban J connectivity index is 1.58. The number of nitrogens with one attached hydrogen (secondary N) is 2. The number of thioether (sulfide) groups is 1. The molecule has 27 heavy (non-hydrogen) atoms. The van der Waals surface area contributed by atoms with E-state index in [2.05, 4.69) is 10.6 Å². The Hall–Kier alpha value is -2.34. The molecule has 0 bridgehead atoms. The summed E-state index contributed by atoms with van der Waals surface area (Å²) in [6.07, 6.45) is 0. The van der Waals surface area contributed by atoms with Crippen molar-refractivity contribution in [3.05, 3.63) is 83.9 Å². The number of thiocarbonyl (C=S) groups is 1. The van der Waals surface area contributed by atoms with Gasteiger partial charge in [0.1, 0.15) is 0 Å². The normalized spacial score (nSPS) is 10.3. The molecule has 1 amide bonds. The van der Waals surface area contributed by atoms with Crippen LogP contribution in [0.5, 0.6) is 0 Å². The summed E-state index contributed by atoms with van der Waals surface area (Å²) in [7, 11) is 0. The molecule has 0 aliphatic rings.